The van der Waals surface area contributed by atoms with Crippen molar-refractivity contribution in [1.29, 1.82) is 0 Å². The van der Waals surface area contributed by atoms with E-state index in [1.165, 1.54) is 0 Å². The molecule has 1 rings (SSSR count). The third-order valence-electron chi connectivity index (χ3n) is 1.60. The van der Waals surface area contributed by atoms with E-state index in [0.717, 1.165) is 23.4 Å². The van der Waals surface area contributed by atoms with Crippen LogP contribution in [0, 0.1) is 0 Å². The molecule has 0 saturated carbocycles. The van der Waals surface area contributed by atoms with Crippen molar-refractivity contribution in [3.05, 3.63) is 23.8 Å². The average molecular weight is 234 g/mol. The lowest BCUT2D eigenvalue weighted by Gasteiger charge is -2.04. The Hall–Kier alpha value is -1.31. The van der Waals surface area contributed by atoms with Crippen LogP contribution in [0.25, 0.3) is 0 Å². The van der Waals surface area contributed by atoms with Crippen molar-refractivity contribution in [1.82, 2.24) is 0 Å². The number of hydrogen-bond donors (Lipinski definition) is 4. The highest BCUT2D eigenvalue weighted by molar-refractivity contribution is 7.79. The molecule has 1 aromatic carbocycles. The molecule has 0 atom stereocenters. The number of benzene rings is 1. The van der Waals surface area contributed by atoms with Crippen molar-refractivity contribution in [3.63, 3.8) is 0 Å². The molecule has 0 aliphatic rings. The average Bonchev–Trinajstić information content (AvgIpc) is 2.01. The lowest BCUT2D eigenvalue weighted by Crippen LogP contribution is -1.97. The van der Waals surface area contributed by atoms with Crippen LogP contribution in [0.15, 0.2) is 18.2 Å². The Kier molecular flexibility index (Phi) is 5.06. The second-order valence-corrected chi connectivity index (χ2v) is 3.61. The minimum Gasteiger partial charge on any atom is -0.398 e. The predicted molar refractivity (Wildman–Crippen MR) is 58.8 cm³/mol. The van der Waals surface area contributed by atoms with Gasteiger partial charge in [0.2, 0.25) is 0 Å². The maximum atomic E-state index is 8.74. The van der Waals surface area contributed by atoms with Crippen LogP contribution >= 0.6 is 0 Å². The van der Waals surface area contributed by atoms with Gasteiger partial charge in [-0.2, -0.15) is 8.42 Å². The first kappa shape index (κ1) is 13.7. The SMILES string of the molecule is CCc1c(N)cccc1N.O=S(=O)(O)O. The second-order valence-electron chi connectivity index (χ2n) is 2.72. The van der Waals surface area contributed by atoms with Crippen molar-refractivity contribution in [3.8, 4) is 0 Å². The summed E-state index contributed by atoms with van der Waals surface area (Å²) in [6, 6.07) is 5.61. The molecule has 0 radical (unpaired) electrons. The molecule has 0 aliphatic heterocycles. The lowest BCUT2D eigenvalue weighted by atomic mass is 10.1. The van der Waals surface area contributed by atoms with E-state index in [2.05, 4.69) is 0 Å². The van der Waals surface area contributed by atoms with E-state index in [4.69, 9.17) is 29.0 Å². The minimum absolute atomic E-state index is 0.794. The maximum Gasteiger partial charge on any atom is 0.394 e. The normalized spacial score (nSPS) is 10.3. The van der Waals surface area contributed by atoms with Crippen LogP contribution in [0.4, 0.5) is 11.4 Å². The zero-order valence-electron chi connectivity index (χ0n) is 8.21. The quantitative estimate of drug-likeness (QED) is 0.419. The van der Waals surface area contributed by atoms with Crippen LogP contribution in [-0.2, 0) is 16.8 Å². The molecule has 0 heterocycles. The van der Waals surface area contributed by atoms with Crippen molar-refractivity contribution in [2.45, 2.75) is 13.3 Å². The third kappa shape index (κ3) is 6.72. The van der Waals surface area contributed by atoms with Crippen molar-refractivity contribution in [2.75, 3.05) is 11.5 Å². The molecule has 6 nitrogen and oxygen atoms in total. The van der Waals surface area contributed by atoms with Gasteiger partial charge in [0.15, 0.2) is 0 Å². The molecule has 1 aromatic rings. The zero-order valence-corrected chi connectivity index (χ0v) is 9.03. The van der Waals surface area contributed by atoms with Gasteiger partial charge in [0, 0.05) is 11.4 Å². The van der Waals surface area contributed by atoms with Gasteiger partial charge in [-0.3, -0.25) is 9.11 Å². The van der Waals surface area contributed by atoms with Crippen LogP contribution in [0.2, 0.25) is 0 Å². The Morgan fingerprint density at radius 1 is 1.20 bits per heavy atom. The summed E-state index contributed by atoms with van der Waals surface area (Å²) in [5.74, 6) is 0. The zero-order chi connectivity index (χ0) is 12.1. The first-order valence-corrected chi connectivity index (χ1v) is 5.48. The number of hydrogen-bond acceptors (Lipinski definition) is 4. The smallest absolute Gasteiger partial charge is 0.394 e. The molecule has 0 unspecified atom stereocenters. The molecule has 0 saturated heterocycles. The summed E-state index contributed by atoms with van der Waals surface area (Å²) in [7, 11) is -4.67. The maximum absolute atomic E-state index is 8.74. The third-order valence-corrected chi connectivity index (χ3v) is 1.60. The molecule has 0 fully saturated rings. The van der Waals surface area contributed by atoms with Gasteiger partial charge in [-0.15, -0.1) is 0 Å². The Balaban J connectivity index is 0.000000336. The van der Waals surface area contributed by atoms with Gasteiger partial charge in [-0.1, -0.05) is 13.0 Å². The predicted octanol–water partition coefficient (Wildman–Crippen LogP) is 0.761. The molecule has 0 aliphatic carbocycles. The Morgan fingerprint density at radius 3 is 1.73 bits per heavy atom. The first-order valence-electron chi connectivity index (χ1n) is 4.08. The molecule has 6 N–H and O–H groups in total. The topological polar surface area (TPSA) is 127 Å². The van der Waals surface area contributed by atoms with Gasteiger partial charge in [-0.25, -0.2) is 0 Å². The van der Waals surface area contributed by atoms with E-state index >= 15 is 0 Å². The highest BCUT2D eigenvalue weighted by Gasteiger charge is 1.98. The van der Waals surface area contributed by atoms with E-state index < -0.39 is 10.4 Å². The van der Waals surface area contributed by atoms with Gasteiger partial charge in [0.05, 0.1) is 0 Å². The molecular weight excluding hydrogens is 220 g/mol. The monoisotopic (exact) mass is 234 g/mol. The molecule has 0 amide bonds. The molecule has 86 valence electrons. The second kappa shape index (κ2) is 5.54. The Morgan fingerprint density at radius 2 is 1.53 bits per heavy atom. The van der Waals surface area contributed by atoms with Gasteiger partial charge in [0.25, 0.3) is 0 Å². The highest BCUT2D eigenvalue weighted by atomic mass is 32.3. The van der Waals surface area contributed by atoms with Gasteiger partial charge in [-0.05, 0) is 24.1 Å². The largest absolute Gasteiger partial charge is 0.398 e. The highest BCUT2D eigenvalue weighted by Crippen LogP contribution is 2.18. The molecule has 0 bridgehead atoms. The Labute approximate surface area is 88.5 Å². The summed E-state index contributed by atoms with van der Waals surface area (Å²) < 4.78 is 31.6. The van der Waals surface area contributed by atoms with E-state index in [1.54, 1.807) is 0 Å². The number of anilines is 2. The molecule has 0 aromatic heterocycles. The van der Waals surface area contributed by atoms with Crippen molar-refractivity contribution < 1.29 is 17.5 Å². The van der Waals surface area contributed by atoms with Crippen LogP contribution in [0.5, 0.6) is 0 Å². The number of nitrogen functional groups attached to an aromatic ring is 2. The molecule has 15 heavy (non-hydrogen) atoms. The van der Waals surface area contributed by atoms with E-state index in [1.807, 2.05) is 25.1 Å². The summed E-state index contributed by atoms with van der Waals surface area (Å²) >= 11 is 0. The van der Waals surface area contributed by atoms with Gasteiger partial charge < -0.3 is 11.5 Å². The summed E-state index contributed by atoms with van der Waals surface area (Å²) in [4.78, 5) is 0. The summed E-state index contributed by atoms with van der Waals surface area (Å²) in [6.45, 7) is 2.04. The molecule has 0 spiro atoms. The Bertz CT molecular complexity index is 388. The van der Waals surface area contributed by atoms with Gasteiger partial charge in [0.1, 0.15) is 0 Å². The number of nitrogens with two attached hydrogens (primary N) is 2. The molecular formula is C8H14N2O4S. The molecule has 7 heteroatoms. The van der Waals surface area contributed by atoms with E-state index in [9.17, 15) is 0 Å². The fourth-order valence-corrected chi connectivity index (χ4v) is 1.03. The van der Waals surface area contributed by atoms with E-state index in [-0.39, 0.29) is 0 Å². The fourth-order valence-electron chi connectivity index (χ4n) is 1.03. The minimum atomic E-state index is -4.67. The number of rotatable bonds is 1. The van der Waals surface area contributed by atoms with Crippen LogP contribution in [0.3, 0.4) is 0 Å². The summed E-state index contributed by atoms with van der Waals surface area (Å²) in [6.07, 6.45) is 0.901. The van der Waals surface area contributed by atoms with Crippen LogP contribution in [-0.4, -0.2) is 17.5 Å². The summed E-state index contributed by atoms with van der Waals surface area (Å²) in [5.41, 5.74) is 13.9. The fraction of sp³-hybridized carbons (Fsp3) is 0.250. The van der Waals surface area contributed by atoms with Crippen LogP contribution < -0.4 is 11.5 Å². The van der Waals surface area contributed by atoms with Crippen molar-refractivity contribution in [2.24, 2.45) is 0 Å². The van der Waals surface area contributed by atoms with E-state index in [0.29, 0.717) is 0 Å². The van der Waals surface area contributed by atoms with Crippen LogP contribution in [0.1, 0.15) is 12.5 Å². The standard InChI is InChI=1S/C8H12N2.H2O4S/c1-2-6-7(9)4-3-5-8(6)10;1-5(2,3)4/h3-5H,2,9-10H2,1H3;(H2,1,2,3,4). The van der Waals surface area contributed by atoms with Gasteiger partial charge >= 0.3 is 10.4 Å². The lowest BCUT2D eigenvalue weighted by molar-refractivity contribution is 0.381. The first-order chi connectivity index (χ1) is 6.75. The summed E-state index contributed by atoms with van der Waals surface area (Å²) in [5, 5.41) is 0. The van der Waals surface area contributed by atoms with Crippen molar-refractivity contribution >= 4 is 21.8 Å².